The van der Waals surface area contributed by atoms with Gasteiger partial charge in [0.1, 0.15) is 0 Å². The van der Waals surface area contributed by atoms with Crippen molar-refractivity contribution < 1.29 is 19.6 Å². The van der Waals surface area contributed by atoms with Gasteiger partial charge in [-0.3, -0.25) is 14.9 Å². The van der Waals surface area contributed by atoms with Crippen LogP contribution in [0.4, 0.5) is 5.69 Å². The van der Waals surface area contributed by atoms with Crippen LogP contribution in [0.25, 0.3) is 0 Å². The summed E-state index contributed by atoms with van der Waals surface area (Å²) in [4.78, 5) is 35.4. The van der Waals surface area contributed by atoms with E-state index in [1.807, 2.05) is 0 Å². The molecule has 0 saturated heterocycles. The van der Waals surface area contributed by atoms with Gasteiger partial charge in [0.25, 0.3) is 5.69 Å². The molecular weight excluding hydrogens is 252 g/mol. The number of nitro groups is 1. The predicted molar refractivity (Wildman–Crippen MR) is 64.3 cm³/mol. The summed E-state index contributed by atoms with van der Waals surface area (Å²) in [5, 5.41) is 19.4. The van der Waals surface area contributed by atoms with E-state index >= 15 is 0 Å². The van der Waals surface area contributed by atoms with Gasteiger partial charge in [0.2, 0.25) is 0 Å². The van der Waals surface area contributed by atoms with Gasteiger partial charge >= 0.3 is 5.97 Å². The highest BCUT2D eigenvalue weighted by Gasteiger charge is 2.19. The average molecular weight is 260 g/mol. The van der Waals surface area contributed by atoms with Crippen molar-refractivity contribution in [3.05, 3.63) is 63.5 Å². The number of aromatic nitrogens is 1. The monoisotopic (exact) mass is 260 g/mol. The Labute approximate surface area is 106 Å². The van der Waals surface area contributed by atoms with Crippen LogP contribution in [0.3, 0.4) is 0 Å². The van der Waals surface area contributed by atoms with E-state index in [4.69, 9.17) is 5.11 Å². The molecular formula is C12H8N2O5. The molecule has 0 atom stereocenters. The molecule has 1 aromatic heterocycles. The molecule has 0 amide bonds. The molecule has 0 spiro atoms. The second-order valence-electron chi connectivity index (χ2n) is 3.72. The van der Waals surface area contributed by atoms with Crippen LogP contribution in [-0.4, -0.2) is 26.8 Å². The molecule has 0 aliphatic carbocycles. The van der Waals surface area contributed by atoms with E-state index < -0.39 is 16.7 Å². The summed E-state index contributed by atoms with van der Waals surface area (Å²) in [6.07, 6.45) is 2.49. The molecule has 7 nitrogen and oxygen atoms in total. The molecule has 1 heterocycles. The minimum Gasteiger partial charge on any atom is -0.478 e. The molecule has 1 aromatic carbocycles. The van der Waals surface area contributed by atoms with E-state index in [2.05, 4.69) is 4.98 Å². The van der Waals surface area contributed by atoms with E-state index in [9.17, 15) is 19.7 Å². The summed E-state index contributed by atoms with van der Waals surface area (Å²) in [6.45, 7) is 0. The lowest BCUT2D eigenvalue weighted by atomic mass is 10.0. The van der Waals surface area contributed by atoms with Crippen LogP contribution in [0.5, 0.6) is 0 Å². The Morgan fingerprint density at radius 1 is 1.11 bits per heavy atom. The number of carbonyl (C=O) groups is 2. The first kappa shape index (κ1) is 12.5. The largest absolute Gasteiger partial charge is 0.478 e. The predicted octanol–water partition coefficient (Wildman–Crippen LogP) is 1.85. The highest BCUT2D eigenvalue weighted by atomic mass is 16.6. The molecule has 96 valence electrons. The number of carbonyl (C=O) groups excluding carboxylic acids is 1. The summed E-state index contributed by atoms with van der Waals surface area (Å²) in [7, 11) is 0. The highest BCUT2D eigenvalue weighted by Crippen LogP contribution is 2.17. The number of aromatic amines is 1. The van der Waals surface area contributed by atoms with Gasteiger partial charge in [0.15, 0.2) is 5.78 Å². The van der Waals surface area contributed by atoms with Crippen LogP contribution < -0.4 is 0 Å². The van der Waals surface area contributed by atoms with Gasteiger partial charge in [-0.1, -0.05) is 0 Å². The smallest absolute Gasteiger partial charge is 0.337 e. The lowest BCUT2D eigenvalue weighted by Crippen LogP contribution is -2.07. The Bertz CT molecular complexity index is 657. The highest BCUT2D eigenvalue weighted by molar-refractivity contribution is 6.14. The van der Waals surface area contributed by atoms with Crippen LogP contribution in [-0.2, 0) is 0 Å². The Kier molecular flexibility index (Phi) is 3.11. The van der Waals surface area contributed by atoms with Gasteiger partial charge in [-0.25, -0.2) is 4.79 Å². The number of hydrogen-bond donors (Lipinski definition) is 2. The number of ketones is 1. The van der Waals surface area contributed by atoms with Crippen molar-refractivity contribution >= 4 is 17.4 Å². The van der Waals surface area contributed by atoms with Crippen molar-refractivity contribution in [2.45, 2.75) is 0 Å². The van der Waals surface area contributed by atoms with Gasteiger partial charge < -0.3 is 10.1 Å². The number of rotatable bonds is 4. The topological polar surface area (TPSA) is 113 Å². The van der Waals surface area contributed by atoms with E-state index in [1.165, 1.54) is 36.7 Å². The zero-order chi connectivity index (χ0) is 14.0. The van der Waals surface area contributed by atoms with Crippen LogP contribution in [0.2, 0.25) is 0 Å². The first-order valence-corrected chi connectivity index (χ1v) is 5.20. The zero-order valence-corrected chi connectivity index (χ0v) is 9.49. The molecule has 2 aromatic rings. The van der Waals surface area contributed by atoms with Crippen LogP contribution in [0, 0.1) is 10.1 Å². The third kappa shape index (κ3) is 2.34. The minimum atomic E-state index is -1.22. The number of aromatic carboxylic acids is 1. The van der Waals surface area contributed by atoms with Crippen LogP contribution in [0.15, 0.2) is 36.7 Å². The van der Waals surface area contributed by atoms with Crippen LogP contribution >= 0.6 is 0 Å². The number of nitrogens with one attached hydrogen (secondary N) is 1. The fourth-order valence-corrected chi connectivity index (χ4v) is 1.62. The number of hydrogen-bond acceptors (Lipinski definition) is 4. The molecule has 0 unspecified atom stereocenters. The molecule has 2 rings (SSSR count). The first-order valence-electron chi connectivity index (χ1n) is 5.20. The molecule has 7 heteroatoms. The number of carboxylic acid groups (broad SMARTS) is 1. The maximum Gasteiger partial charge on any atom is 0.337 e. The Morgan fingerprint density at radius 3 is 2.21 bits per heavy atom. The quantitative estimate of drug-likeness (QED) is 0.494. The van der Waals surface area contributed by atoms with Crippen molar-refractivity contribution in [1.29, 1.82) is 0 Å². The SMILES string of the molecule is O=C(O)c1c[nH]cc1C(=O)c1ccc([N+](=O)[O-])cc1. The molecule has 19 heavy (non-hydrogen) atoms. The fourth-order valence-electron chi connectivity index (χ4n) is 1.62. The van der Waals surface area contributed by atoms with Crippen molar-refractivity contribution in [2.75, 3.05) is 0 Å². The second-order valence-corrected chi connectivity index (χ2v) is 3.72. The lowest BCUT2D eigenvalue weighted by molar-refractivity contribution is -0.384. The Balaban J connectivity index is 2.36. The van der Waals surface area contributed by atoms with Gasteiger partial charge in [0.05, 0.1) is 16.1 Å². The number of benzene rings is 1. The Hall–Kier alpha value is -2.96. The molecule has 0 aliphatic heterocycles. The summed E-state index contributed by atoms with van der Waals surface area (Å²) in [6, 6.07) is 4.97. The zero-order valence-electron chi connectivity index (χ0n) is 9.49. The molecule has 0 fully saturated rings. The van der Waals surface area contributed by atoms with E-state index in [1.54, 1.807) is 0 Å². The number of carboxylic acids is 1. The third-order valence-electron chi connectivity index (χ3n) is 2.56. The van der Waals surface area contributed by atoms with Crippen molar-refractivity contribution in [3.8, 4) is 0 Å². The van der Waals surface area contributed by atoms with Gasteiger partial charge in [-0.05, 0) is 12.1 Å². The van der Waals surface area contributed by atoms with E-state index in [-0.39, 0.29) is 22.4 Å². The number of nitro benzene ring substituents is 1. The second kappa shape index (κ2) is 4.73. The third-order valence-corrected chi connectivity index (χ3v) is 2.56. The normalized spacial score (nSPS) is 10.1. The number of nitrogens with zero attached hydrogens (tertiary/aromatic N) is 1. The van der Waals surface area contributed by atoms with E-state index in [0.717, 1.165) is 0 Å². The maximum absolute atomic E-state index is 12.1. The van der Waals surface area contributed by atoms with Crippen LogP contribution in [0.1, 0.15) is 26.3 Å². The summed E-state index contributed by atoms with van der Waals surface area (Å²) < 4.78 is 0. The molecule has 0 aliphatic rings. The van der Waals surface area contributed by atoms with Gasteiger partial charge in [-0.2, -0.15) is 0 Å². The number of non-ortho nitro benzene ring substituents is 1. The summed E-state index contributed by atoms with van der Waals surface area (Å²) in [5.74, 6) is -1.72. The summed E-state index contributed by atoms with van der Waals surface area (Å²) >= 11 is 0. The average Bonchev–Trinajstić information content (AvgIpc) is 2.87. The molecule has 2 N–H and O–H groups in total. The van der Waals surface area contributed by atoms with Crippen molar-refractivity contribution in [3.63, 3.8) is 0 Å². The minimum absolute atomic E-state index is 0.0151. The molecule has 0 bridgehead atoms. The standard InChI is InChI=1S/C12H8N2O5/c15-11(9-5-13-6-10(9)12(16)17)7-1-3-8(4-2-7)14(18)19/h1-6,13H,(H,16,17). The fraction of sp³-hybridized carbons (Fsp3) is 0. The first-order chi connectivity index (χ1) is 9.00. The van der Waals surface area contributed by atoms with Gasteiger partial charge in [-0.15, -0.1) is 0 Å². The lowest BCUT2D eigenvalue weighted by Gasteiger charge is -2.00. The van der Waals surface area contributed by atoms with Crippen molar-refractivity contribution in [1.82, 2.24) is 4.98 Å². The molecule has 0 saturated carbocycles. The number of H-pyrrole nitrogens is 1. The van der Waals surface area contributed by atoms with Crippen molar-refractivity contribution in [2.24, 2.45) is 0 Å². The maximum atomic E-state index is 12.1. The molecule has 0 radical (unpaired) electrons. The van der Waals surface area contributed by atoms with E-state index in [0.29, 0.717) is 0 Å². The van der Waals surface area contributed by atoms with Gasteiger partial charge in [0, 0.05) is 30.1 Å². The summed E-state index contributed by atoms with van der Waals surface area (Å²) in [5.41, 5.74) is -0.0681. The Morgan fingerprint density at radius 2 is 1.68 bits per heavy atom.